The van der Waals surface area contributed by atoms with E-state index >= 15 is 0 Å². The number of amides is 1. The van der Waals surface area contributed by atoms with Gasteiger partial charge in [0, 0.05) is 25.8 Å². The smallest absolute Gasteiger partial charge is 0.223 e. The summed E-state index contributed by atoms with van der Waals surface area (Å²) in [6, 6.07) is 4.04. The molecule has 0 unspecified atom stereocenters. The Bertz CT molecular complexity index is 554. The van der Waals surface area contributed by atoms with E-state index in [1.807, 2.05) is 12.1 Å². The highest BCUT2D eigenvalue weighted by atomic mass is 16.7. The zero-order valence-corrected chi connectivity index (χ0v) is 15.0. The molecular formula is C20H29NO4. The third kappa shape index (κ3) is 3.77. The van der Waals surface area contributed by atoms with E-state index in [4.69, 9.17) is 13.9 Å². The van der Waals surface area contributed by atoms with Gasteiger partial charge in [0.2, 0.25) is 5.91 Å². The Morgan fingerprint density at radius 3 is 2.64 bits per heavy atom. The Kier molecular flexibility index (Phi) is 5.13. The number of ether oxygens (including phenoxy) is 2. The lowest BCUT2D eigenvalue weighted by Gasteiger charge is -2.36. The number of rotatable bonds is 3. The third-order valence-electron chi connectivity index (χ3n) is 6.09. The summed E-state index contributed by atoms with van der Waals surface area (Å²) in [5, 5.41) is 0. The van der Waals surface area contributed by atoms with Crippen LogP contribution in [0.3, 0.4) is 0 Å². The Morgan fingerprint density at radius 1 is 1.12 bits per heavy atom. The largest absolute Gasteiger partial charge is 0.467 e. The molecule has 4 rings (SSSR count). The quantitative estimate of drug-likeness (QED) is 0.828. The number of likely N-dealkylation sites (tertiary alicyclic amines) is 1. The highest BCUT2D eigenvalue weighted by Gasteiger charge is 2.41. The molecule has 1 saturated carbocycles. The predicted octanol–water partition coefficient (Wildman–Crippen LogP) is 4.05. The molecule has 0 radical (unpaired) electrons. The molecule has 138 valence electrons. The summed E-state index contributed by atoms with van der Waals surface area (Å²) in [6.45, 7) is 2.28. The average Bonchev–Trinajstić information content (AvgIpc) is 3.25. The van der Waals surface area contributed by atoms with Gasteiger partial charge < -0.3 is 18.8 Å². The molecule has 25 heavy (non-hydrogen) atoms. The molecule has 3 heterocycles. The summed E-state index contributed by atoms with van der Waals surface area (Å²) in [7, 11) is 0. The maximum Gasteiger partial charge on any atom is 0.223 e. The van der Waals surface area contributed by atoms with Crippen molar-refractivity contribution < 1.29 is 18.7 Å². The summed E-state index contributed by atoms with van der Waals surface area (Å²) in [5.41, 5.74) is 0. The van der Waals surface area contributed by atoms with Crippen molar-refractivity contribution >= 4 is 5.91 Å². The molecule has 1 atom stereocenters. The van der Waals surface area contributed by atoms with Crippen molar-refractivity contribution in [2.75, 3.05) is 19.8 Å². The van der Waals surface area contributed by atoms with Crippen molar-refractivity contribution in [1.82, 2.24) is 4.90 Å². The van der Waals surface area contributed by atoms with E-state index in [2.05, 4.69) is 4.90 Å². The lowest BCUT2D eigenvalue weighted by molar-refractivity contribution is -0.183. The topological polar surface area (TPSA) is 51.9 Å². The molecule has 0 bridgehead atoms. The SMILES string of the molecule is O=C(CC1CCC2(CC1)OCCO2)N1CCCCC[C@@H]1c1ccco1. The normalized spacial score (nSPS) is 27.5. The van der Waals surface area contributed by atoms with Crippen LogP contribution in [0.15, 0.2) is 22.8 Å². The third-order valence-corrected chi connectivity index (χ3v) is 6.09. The maximum atomic E-state index is 13.1. The van der Waals surface area contributed by atoms with E-state index in [-0.39, 0.29) is 17.7 Å². The molecular weight excluding hydrogens is 318 g/mol. The molecule has 2 aliphatic heterocycles. The summed E-state index contributed by atoms with van der Waals surface area (Å²) >= 11 is 0. The van der Waals surface area contributed by atoms with E-state index < -0.39 is 0 Å². The number of hydrogen-bond acceptors (Lipinski definition) is 4. The number of furan rings is 1. The zero-order chi connectivity index (χ0) is 17.1. The summed E-state index contributed by atoms with van der Waals surface area (Å²) in [4.78, 5) is 15.1. The van der Waals surface area contributed by atoms with Crippen LogP contribution in [0.5, 0.6) is 0 Å². The van der Waals surface area contributed by atoms with Gasteiger partial charge in [0.1, 0.15) is 5.76 Å². The molecule has 5 nitrogen and oxygen atoms in total. The lowest BCUT2D eigenvalue weighted by atomic mass is 9.83. The van der Waals surface area contributed by atoms with Crippen LogP contribution in [-0.4, -0.2) is 36.4 Å². The van der Waals surface area contributed by atoms with E-state index in [9.17, 15) is 4.79 Å². The van der Waals surface area contributed by atoms with Crippen LogP contribution in [0.1, 0.15) is 69.6 Å². The summed E-state index contributed by atoms with van der Waals surface area (Å²) in [5.74, 6) is 1.34. The minimum absolute atomic E-state index is 0.112. The second-order valence-electron chi connectivity index (χ2n) is 7.72. The van der Waals surface area contributed by atoms with Crippen molar-refractivity contribution in [2.24, 2.45) is 5.92 Å². The minimum atomic E-state index is -0.334. The van der Waals surface area contributed by atoms with Crippen LogP contribution < -0.4 is 0 Å². The Labute approximate surface area is 149 Å². The predicted molar refractivity (Wildman–Crippen MR) is 92.8 cm³/mol. The van der Waals surface area contributed by atoms with Gasteiger partial charge in [-0.15, -0.1) is 0 Å². The molecule has 5 heteroatoms. The summed E-state index contributed by atoms with van der Waals surface area (Å²) < 4.78 is 17.2. The van der Waals surface area contributed by atoms with E-state index in [1.54, 1.807) is 6.26 Å². The first-order valence-corrected chi connectivity index (χ1v) is 9.87. The lowest BCUT2D eigenvalue weighted by Crippen LogP contribution is -2.39. The number of carbonyl (C=O) groups excluding carboxylic acids is 1. The van der Waals surface area contributed by atoms with Crippen molar-refractivity contribution in [2.45, 2.75) is 69.6 Å². The second kappa shape index (κ2) is 7.50. The van der Waals surface area contributed by atoms with Gasteiger partial charge in [0.25, 0.3) is 0 Å². The standard InChI is InChI=1S/C20H29NO4/c22-19(15-16-7-9-20(10-8-16)24-13-14-25-20)21-11-3-1-2-5-17(21)18-6-4-12-23-18/h4,6,12,16-17H,1-3,5,7-11,13-15H2/t17-/m1/s1. The van der Waals surface area contributed by atoms with E-state index in [0.29, 0.717) is 25.6 Å². The molecule has 1 aliphatic carbocycles. The number of carbonyl (C=O) groups is 1. The van der Waals surface area contributed by atoms with Gasteiger partial charge in [-0.05, 0) is 43.7 Å². The molecule has 1 aromatic heterocycles. The first-order valence-electron chi connectivity index (χ1n) is 9.87. The molecule has 3 fully saturated rings. The number of hydrogen-bond donors (Lipinski definition) is 0. The van der Waals surface area contributed by atoms with Crippen molar-refractivity contribution in [1.29, 1.82) is 0 Å². The van der Waals surface area contributed by atoms with Crippen LogP contribution in [0, 0.1) is 5.92 Å². The number of nitrogens with zero attached hydrogens (tertiary/aromatic N) is 1. The molecule has 1 aromatic rings. The molecule has 0 N–H and O–H groups in total. The Balaban J connectivity index is 1.37. The van der Waals surface area contributed by atoms with Gasteiger partial charge in [0.15, 0.2) is 5.79 Å². The first kappa shape index (κ1) is 17.1. The summed E-state index contributed by atoms with van der Waals surface area (Å²) in [6.07, 6.45) is 10.7. The molecule has 1 amide bonds. The van der Waals surface area contributed by atoms with Gasteiger partial charge in [-0.25, -0.2) is 0 Å². The Hall–Kier alpha value is -1.33. The van der Waals surface area contributed by atoms with Crippen LogP contribution >= 0.6 is 0 Å². The second-order valence-corrected chi connectivity index (χ2v) is 7.72. The fourth-order valence-corrected chi connectivity index (χ4v) is 4.65. The van der Waals surface area contributed by atoms with Gasteiger partial charge >= 0.3 is 0 Å². The van der Waals surface area contributed by atoms with Crippen molar-refractivity contribution in [3.63, 3.8) is 0 Å². The van der Waals surface area contributed by atoms with Crippen molar-refractivity contribution in [3.8, 4) is 0 Å². The molecule has 2 saturated heterocycles. The van der Waals surface area contributed by atoms with Gasteiger partial charge in [0.05, 0.1) is 25.5 Å². The monoisotopic (exact) mass is 347 g/mol. The fourth-order valence-electron chi connectivity index (χ4n) is 4.65. The van der Waals surface area contributed by atoms with Gasteiger partial charge in [-0.1, -0.05) is 12.8 Å². The Morgan fingerprint density at radius 2 is 1.92 bits per heavy atom. The van der Waals surface area contributed by atoms with E-state index in [0.717, 1.165) is 57.3 Å². The van der Waals surface area contributed by atoms with Crippen LogP contribution in [0.2, 0.25) is 0 Å². The average molecular weight is 347 g/mol. The highest BCUT2D eigenvalue weighted by molar-refractivity contribution is 5.77. The van der Waals surface area contributed by atoms with E-state index in [1.165, 1.54) is 6.42 Å². The van der Waals surface area contributed by atoms with Gasteiger partial charge in [-0.2, -0.15) is 0 Å². The maximum absolute atomic E-state index is 13.1. The first-order chi connectivity index (χ1) is 12.3. The highest BCUT2D eigenvalue weighted by Crippen LogP contribution is 2.40. The van der Waals surface area contributed by atoms with Crippen molar-refractivity contribution in [3.05, 3.63) is 24.2 Å². The van der Waals surface area contributed by atoms with Crippen LogP contribution in [0.25, 0.3) is 0 Å². The van der Waals surface area contributed by atoms with Gasteiger partial charge in [-0.3, -0.25) is 4.79 Å². The molecule has 3 aliphatic rings. The molecule has 1 spiro atoms. The van der Waals surface area contributed by atoms with Crippen LogP contribution in [0.4, 0.5) is 0 Å². The van der Waals surface area contributed by atoms with Crippen LogP contribution in [-0.2, 0) is 14.3 Å². The minimum Gasteiger partial charge on any atom is -0.467 e. The zero-order valence-electron chi connectivity index (χ0n) is 15.0. The fraction of sp³-hybridized carbons (Fsp3) is 0.750. The molecule has 0 aromatic carbocycles.